The van der Waals surface area contributed by atoms with Crippen LogP contribution in [-0.2, 0) is 19.7 Å². The van der Waals surface area contributed by atoms with Gasteiger partial charge in [-0.25, -0.2) is 23.5 Å². The van der Waals surface area contributed by atoms with Gasteiger partial charge in [0.25, 0.3) is 0 Å². The summed E-state index contributed by atoms with van der Waals surface area (Å²) < 4.78 is 36.2. The van der Waals surface area contributed by atoms with Crippen LogP contribution in [0.4, 0.5) is 8.78 Å². The summed E-state index contributed by atoms with van der Waals surface area (Å²) in [6.45, 7) is 2.00. The molecule has 0 unspecified atom stereocenters. The van der Waals surface area contributed by atoms with E-state index in [-0.39, 0.29) is 34.1 Å². The van der Waals surface area contributed by atoms with Crippen LogP contribution in [0.3, 0.4) is 0 Å². The molecule has 42 heavy (non-hydrogen) atoms. The largest absolute Gasteiger partial charge is 0.484 e. The number of carboxylic acids is 1. The number of ether oxygens (including phenoxy) is 1. The van der Waals surface area contributed by atoms with Crippen LogP contribution >= 0.6 is 11.6 Å². The number of pyridine rings is 1. The van der Waals surface area contributed by atoms with Gasteiger partial charge in [-0.2, -0.15) is 5.26 Å². The van der Waals surface area contributed by atoms with Gasteiger partial charge in [0.1, 0.15) is 23.9 Å². The van der Waals surface area contributed by atoms with Crippen molar-refractivity contribution in [3.05, 3.63) is 94.0 Å². The molecule has 0 bridgehead atoms. The summed E-state index contributed by atoms with van der Waals surface area (Å²) in [7, 11) is 0. The van der Waals surface area contributed by atoms with E-state index in [1.54, 1.807) is 24.3 Å². The minimum Gasteiger partial charge on any atom is -0.484 e. The monoisotopic (exact) mass is 589 g/mol. The van der Waals surface area contributed by atoms with Gasteiger partial charge in [0, 0.05) is 36.5 Å². The Bertz CT molecular complexity index is 1780. The molecule has 1 aliphatic carbocycles. The first-order valence-electron chi connectivity index (χ1n) is 13.5. The smallest absolute Gasteiger partial charge is 0.335 e. The van der Waals surface area contributed by atoms with Crippen LogP contribution in [0, 0.1) is 28.4 Å². The van der Waals surface area contributed by atoms with Crippen LogP contribution in [0.1, 0.15) is 46.8 Å². The molecule has 0 saturated heterocycles. The van der Waals surface area contributed by atoms with E-state index < -0.39 is 17.6 Å². The van der Waals surface area contributed by atoms with Crippen molar-refractivity contribution >= 4 is 34.2 Å². The number of imidazole rings is 1. The van der Waals surface area contributed by atoms with Crippen molar-refractivity contribution in [2.45, 2.75) is 39.0 Å². The molecule has 0 radical (unpaired) electrons. The zero-order valence-corrected chi connectivity index (χ0v) is 23.2. The first-order chi connectivity index (χ1) is 20.2. The van der Waals surface area contributed by atoms with Crippen LogP contribution in [0.15, 0.2) is 54.6 Å². The average molecular weight is 590 g/mol. The molecule has 2 aromatic heterocycles. The Balaban J connectivity index is 1.19. The van der Waals surface area contributed by atoms with Gasteiger partial charge in [-0.3, -0.25) is 4.90 Å². The van der Waals surface area contributed by atoms with Crippen molar-refractivity contribution in [1.82, 2.24) is 19.4 Å². The number of carboxylic acid groups (broad SMARTS) is 1. The molecule has 2 aromatic carbocycles. The Kier molecular flexibility index (Phi) is 7.39. The lowest BCUT2D eigenvalue weighted by Gasteiger charge is -2.20. The molecule has 4 aromatic rings. The number of benzene rings is 2. The molecule has 6 rings (SSSR count). The van der Waals surface area contributed by atoms with Gasteiger partial charge in [0.2, 0.25) is 0 Å². The van der Waals surface area contributed by atoms with E-state index in [0.717, 1.165) is 35.8 Å². The summed E-state index contributed by atoms with van der Waals surface area (Å²) in [5, 5.41) is 19.1. The number of aromatic carboxylic acids is 1. The lowest BCUT2D eigenvalue weighted by molar-refractivity contribution is 0.0697. The number of rotatable bonds is 10. The molecule has 8 nitrogen and oxygen atoms in total. The minimum atomic E-state index is -1.01. The van der Waals surface area contributed by atoms with Crippen LogP contribution in [0.5, 0.6) is 5.75 Å². The number of hydrogen-bond donors (Lipinski definition) is 1. The molecular formula is C31H26ClF2N5O3. The second-order valence-corrected chi connectivity index (χ2v) is 11.3. The van der Waals surface area contributed by atoms with E-state index in [9.17, 15) is 23.9 Å². The quantitative estimate of drug-likeness (QED) is 0.234. The highest BCUT2D eigenvalue weighted by Gasteiger charge is 2.43. The summed E-state index contributed by atoms with van der Waals surface area (Å²) in [6.07, 6.45) is 4.35. The standard InChI is InChI=1S/C31H26ClF2N5O3/c32-21-2-6-28(23(34)14-21)42-17-26-22(33)3-5-24(36-26)20-7-12-38(15-20)16-29-37-25-4-1-19(30(40)41)13-27(25)39(29)18-31(8-9-31)10-11-35/h1-7,13-14H,8-10,12,15-18H2,(H,40,41). The number of nitriles is 1. The van der Waals surface area contributed by atoms with Gasteiger partial charge in [0.15, 0.2) is 11.6 Å². The SMILES string of the molecule is N#CCC1(Cn2c(CN3CC=C(c4ccc(F)c(COc5ccc(Cl)cc5F)n4)C3)nc3ccc(C(=O)O)cc32)CC1. The fourth-order valence-corrected chi connectivity index (χ4v) is 5.45. The van der Waals surface area contributed by atoms with Crippen LogP contribution in [0.2, 0.25) is 5.02 Å². The summed E-state index contributed by atoms with van der Waals surface area (Å²) in [6, 6.07) is 14.2. The fourth-order valence-electron chi connectivity index (χ4n) is 5.29. The minimum absolute atomic E-state index is 0.0432. The predicted molar refractivity (Wildman–Crippen MR) is 152 cm³/mol. The van der Waals surface area contributed by atoms with Gasteiger partial charge in [-0.1, -0.05) is 17.7 Å². The zero-order chi connectivity index (χ0) is 29.4. The number of carbonyl (C=O) groups is 1. The number of nitrogens with zero attached hydrogens (tertiary/aromatic N) is 5. The van der Waals surface area contributed by atoms with Crippen LogP contribution in [0.25, 0.3) is 16.6 Å². The highest BCUT2D eigenvalue weighted by Crippen LogP contribution is 2.50. The summed E-state index contributed by atoms with van der Waals surface area (Å²) in [5.41, 5.74) is 3.08. The number of aromatic nitrogens is 3. The molecule has 1 fully saturated rings. The second-order valence-electron chi connectivity index (χ2n) is 10.8. The normalized spacial score (nSPS) is 15.9. The number of halogens is 3. The van der Waals surface area contributed by atoms with E-state index >= 15 is 0 Å². The van der Waals surface area contributed by atoms with Crippen molar-refractivity contribution < 1.29 is 23.4 Å². The lowest BCUT2D eigenvalue weighted by Crippen LogP contribution is -2.24. The molecule has 0 spiro atoms. The van der Waals surface area contributed by atoms with E-state index in [1.165, 1.54) is 18.2 Å². The fraction of sp³-hybridized carbons (Fsp3) is 0.290. The molecular weight excluding hydrogens is 564 g/mol. The topological polar surface area (TPSA) is 104 Å². The molecule has 0 atom stereocenters. The van der Waals surface area contributed by atoms with Crippen molar-refractivity contribution in [2.75, 3.05) is 13.1 Å². The van der Waals surface area contributed by atoms with Gasteiger partial charge in [-0.15, -0.1) is 0 Å². The molecule has 1 N–H and O–H groups in total. The second kappa shape index (κ2) is 11.2. The van der Waals surface area contributed by atoms with Gasteiger partial charge in [0.05, 0.1) is 34.9 Å². The van der Waals surface area contributed by atoms with E-state index in [2.05, 4.69) is 20.5 Å². The lowest BCUT2D eigenvalue weighted by atomic mass is 10.0. The maximum Gasteiger partial charge on any atom is 0.335 e. The average Bonchev–Trinajstić information content (AvgIpc) is 3.41. The molecule has 1 aliphatic heterocycles. The third-order valence-corrected chi connectivity index (χ3v) is 8.07. The molecule has 3 heterocycles. The van der Waals surface area contributed by atoms with Crippen molar-refractivity contribution in [3.8, 4) is 11.8 Å². The summed E-state index contributed by atoms with van der Waals surface area (Å²) in [4.78, 5) is 23.1. The van der Waals surface area contributed by atoms with Gasteiger partial charge >= 0.3 is 5.97 Å². The molecule has 11 heteroatoms. The number of fused-ring (bicyclic) bond motifs is 1. The molecule has 0 amide bonds. The first kappa shape index (κ1) is 27.8. The zero-order valence-electron chi connectivity index (χ0n) is 22.5. The summed E-state index contributed by atoms with van der Waals surface area (Å²) in [5.74, 6) is -1.45. The summed E-state index contributed by atoms with van der Waals surface area (Å²) >= 11 is 5.79. The van der Waals surface area contributed by atoms with E-state index in [1.807, 2.05) is 6.08 Å². The maximum atomic E-state index is 14.6. The van der Waals surface area contributed by atoms with Gasteiger partial charge < -0.3 is 14.4 Å². The van der Waals surface area contributed by atoms with Crippen LogP contribution in [-0.4, -0.2) is 43.6 Å². The molecule has 2 aliphatic rings. The highest BCUT2D eigenvalue weighted by atomic mass is 35.5. The van der Waals surface area contributed by atoms with Crippen molar-refractivity contribution in [2.24, 2.45) is 5.41 Å². The first-order valence-corrected chi connectivity index (χ1v) is 13.9. The Morgan fingerprint density at radius 3 is 2.69 bits per heavy atom. The number of hydrogen-bond acceptors (Lipinski definition) is 6. The maximum absolute atomic E-state index is 14.6. The van der Waals surface area contributed by atoms with E-state index in [0.29, 0.717) is 43.8 Å². The Morgan fingerprint density at radius 2 is 1.95 bits per heavy atom. The van der Waals surface area contributed by atoms with E-state index in [4.69, 9.17) is 21.3 Å². The highest BCUT2D eigenvalue weighted by molar-refractivity contribution is 6.30. The third-order valence-electron chi connectivity index (χ3n) is 7.84. The van der Waals surface area contributed by atoms with Crippen molar-refractivity contribution in [3.63, 3.8) is 0 Å². The Hall–Kier alpha value is -4.33. The molecule has 214 valence electrons. The van der Waals surface area contributed by atoms with Crippen LogP contribution < -0.4 is 4.74 Å². The third kappa shape index (κ3) is 5.71. The Morgan fingerprint density at radius 1 is 1.12 bits per heavy atom. The predicted octanol–water partition coefficient (Wildman–Crippen LogP) is 6.23. The van der Waals surface area contributed by atoms with Gasteiger partial charge in [-0.05, 0) is 66.9 Å². The Labute approximate surface area is 245 Å². The van der Waals surface area contributed by atoms with Crippen molar-refractivity contribution in [1.29, 1.82) is 5.26 Å². The molecule has 1 saturated carbocycles.